The number of carbonyl (C=O) groups is 1. The van der Waals surface area contributed by atoms with E-state index in [9.17, 15) is 13.6 Å². The number of halogens is 3. The molecule has 0 N–H and O–H groups in total. The molecule has 5 heteroatoms. The van der Waals surface area contributed by atoms with Gasteiger partial charge in [0.05, 0.1) is 17.7 Å². The van der Waals surface area contributed by atoms with Gasteiger partial charge in [0, 0.05) is 17.0 Å². The van der Waals surface area contributed by atoms with Gasteiger partial charge in [-0.1, -0.05) is 15.9 Å². The highest BCUT2D eigenvalue weighted by Crippen LogP contribution is 2.34. The Morgan fingerprint density at radius 2 is 1.90 bits per heavy atom. The van der Waals surface area contributed by atoms with Gasteiger partial charge in [0.25, 0.3) is 0 Å². The largest absolute Gasteiger partial charge is 0.492 e. The Morgan fingerprint density at radius 3 is 2.67 bits per heavy atom. The molecule has 0 radical (unpaired) electrons. The van der Waals surface area contributed by atoms with Crippen molar-refractivity contribution in [2.24, 2.45) is 0 Å². The molecule has 0 saturated heterocycles. The summed E-state index contributed by atoms with van der Waals surface area (Å²) < 4.78 is 33.4. The van der Waals surface area contributed by atoms with Crippen molar-refractivity contribution in [3.63, 3.8) is 0 Å². The minimum atomic E-state index is -0.866. The van der Waals surface area contributed by atoms with Gasteiger partial charge in [-0.2, -0.15) is 0 Å². The van der Waals surface area contributed by atoms with Crippen molar-refractivity contribution in [2.75, 3.05) is 6.61 Å². The summed E-state index contributed by atoms with van der Waals surface area (Å²) in [6.45, 7) is 1.99. The van der Waals surface area contributed by atoms with E-state index in [1.54, 1.807) is 6.07 Å². The molecule has 0 fully saturated rings. The molecule has 2 nitrogen and oxygen atoms in total. The van der Waals surface area contributed by atoms with Gasteiger partial charge in [0.2, 0.25) is 0 Å². The number of ketones is 1. The molecule has 2 aromatic carbocycles. The normalized spacial score (nSPS) is 13.0. The molecule has 0 atom stereocenters. The zero-order valence-corrected chi connectivity index (χ0v) is 12.8. The van der Waals surface area contributed by atoms with E-state index in [0.717, 1.165) is 16.1 Å². The Kier molecular flexibility index (Phi) is 3.53. The summed E-state index contributed by atoms with van der Waals surface area (Å²) in [7, 11) is 0. The molecule has 108 valence electrons. The predicted molar refractivity (Wildman–Crippen MR) is 77.9 cm³/mol. The second-order valence-corrected chi connectivity index (χ2v) is 5.87. The molecule has 2 aromatic rings. The maximum atomic E-state index is 13.9. The van der Waals surface area contributed by atoms with Crippen LogP contribution in [-0.4, -0.2) is 12.4 Å². The second kappa shape index (κ2) is 5.22. The van der Waals surface area contributed by atoms with Crippen molar-refractivity contribution >= 4 is 21.7 Å². The maximum absolute atomic E-state index is 13.9. The average Bonchev–Trinajstić information content (AvgIpc) is 2.89. The van der Waals surface area contributed by atoms with Crippen LogP contribution >= 0.6 is 15.9 Å². The zero-order valence-electron chi connectivity index (χ0n) is 11.2. The fraction of sp³-hybridized carbons (Fsp3) is 0.188. The third kappa shape index (κ3) is 2.46. The van der Waals surface area contributed by atoms with Crippen LogP contribution in [0, 0.1) is 18.6 Å². The van der Waals surface area contributed by atoms with Gasteiger partial charge in [0.1, 0.15) is 17.4 Å². The third-order valence-corrected chi connectivity index (χ3v) is 3.94. The van der Waals surface area contributed by atoms with E-state index < -0.39 is 17.4 Å². The van der Waals surface area contributed by atoms with E-state index in [1.165, 1.54) is 13.0 Å². The predicted octanol–water partition coefficient (Wildman–Crippen LogP) is 4.20. The molecule has 1 aliphatic heterocycles. The van der Waals surface area contributed by atoms with Crippen LogP contribution in [0.5, 0.6) is 5.75 Å². The van der Waals surface area contributed by atoms with Gasteiger partial charge in [0.15, 0.2) is 5.78 Å². The second-order valence-electron chi connectivity index (χ2n) is 4.95. The summed E-state index contributed by atoms with van der Waals surface area (Å²) in [6.07, 6.45) is 0.708. The molecule has 3 rings (SSSR count). The average molecular weight is 353 g/mol. The van der Waals surface area contributed by atoms with Crippen LogP contribution in [0.25, 0.3) is 0 Å². The Morgan fingerprint density at radius 1 is 1.14 bits per heavy atom. The Labute approximate surface area is 128 Å². The van der Waals surface area contributed by atoms with Crippen LogP contribution < -0.4 is 4.74 Å². The van der Waals surface area contributed by atoms with Gasteiger partial charge >= 0.3 is 0 Å². The summed E-state index contributed by atoms with van der Waals surface area (Å²) in [5.41, 5.74) is 1.28. The molecule has 0 saturated carbocycles. The molecule has 0 unspecified atom stereocenters. The van der Waals surface area contributed by atoms with E-state index in [4.69, 9.17) is 4.74 Å². The first kappa shape index (κ1) is 14.2. The minimum absolute atomic E-state index is 0.148. The quantitative estimate of drug-likeness (QED) is 0.757. The zero-order chi connectivity index (χ0) is 15.1. The number of hydrogen-bond acceptors (Lipinski definition) is 2. The van der Waals surface area contributed by atoms with Crippen LogP contribution in [-0.2, 0) is 6.42 Å². The molecule has 0 aromatic heterocycles. The summed E-state index contributed by atoms with van der Waals surface area (Å²) in [4.78, 5) is 12.6. The number of carbonyl (C=O) groups excluding carboxylic acids is 1. The Bertz CT molecular complexity index is 756. The van der Waals surface area contributed by atoms with Gasteiger partial charge in [-0.3, -0.25) is 4.79 Å². The molecule has 1 aliphatic rings. The van der Waals surface area contributed by atoms with Crippen LogP contribution in [0.4, 0.5) is 8.78 Å². The van der Waals surface area contributed by atoms with Crippen LogP contribution in [0.2, 0.25) is 0 Å². The highest BCUT2D eigenvalue weighted by Gasteiger charge is 2.25. The number of aryl methyl sites for hydroxylation is 1. The van der Waals surface area contributed by atoms with Crippen molar-refractivity contribution in [1.29, 1.82) is 0 Å². The van der Waals surface area contributed by atoms with Crippen molar-refractivity contribution < 1.29 is 18.3 Å². The summed E-state index contributed by atoms with van der Waals surface area (Å²) in [6, 6.07) is 5.45. The molecule has 0 aliphatic carbocycles. The Hall–Kier alpha value is -1.75. The lowest BCUT2D eigenvalue weighted by molar-refractivity contribution is 0.103. The first-order valence-electron chi connectivity index (χ1n) is 6.43. The summed E-state index contributed by atoms with van der Waals surface area (Å²) in [5, 5.41) is 0. The standard InChI is InChI=1S/C16H11BrF2O2/c1-8-4-11(14(19)7-13(8)18)15(20)12-6-10(17)5-9-2-3-21-16(9)12/h4-7H,2-3H2,1H3. The fourth-order valence-corrected chi connectivity index (χ4v) is 2.92. The van der Waals surface area contributed by atoms with Crippen LogP contribution in [0.3, 0.4) is 0 Å². The highest BCUT2D eigenvalue weighted by molar-refractivity contribution is 9.10. The number of hydrogen-bond donors (Lipinski definition) is 0. The molecule has 0 amide bonds. The van der Waals surface area contributed by atoms with Crippen molar-refractivity contribution in [3.8, 4) is 5.75 Å². The third-order valence-electron chi connectivity index (χ3n) is 3.49. The Balaban J connectivity index is 2.14. The smallest absolute Gasteiger partial charge is 0.199 e. The molecular formula is C16H11BrF2O2. The lowest BCUT2D eigenvalue weighted by Gasteiger charge is -2.10. The first-order chi connectivity index (χ1) is 9.97. The number of rotatable bonds is 2. The molecule has 21 heavy (non-hydrogen) atoms. The number of fused-ring (bicyclic) bond motifs is 1. The highest BCUT2D eigenvalue weighted by atomic mass is 79.9. The van der Waals surface area contributed by atoms with Crippen LogP contribution in [0.1, 0.15) is 27.0 Å². The lowest BCUT2D eigenvalue weighted by atomic mass is 9.98. The molecule has 0 spiro atoms. The van der Waals surface area contributed by atoms with Crippen LogP contribution in [0.15, 0.2) is 28.7 Å². The van der Waals surface area contributed by atoms with Crippen molar-refractivity contribution in [3.05, 3.63) is 62.6 Å². The molecular weight excluding hydrogens is 342 g/mol. The van der Waals surface area contributed by atoms with E-state index in [-0.39, 0.29) is 11.1 Å². The van der Waals surface area contributed by atoms with Gasteiger partial charge in [-0.05, 0) is 36.2 Å². The van der Waals surface area contributed by atoms with E-state index in [1.807, 2.05) is 6.07 Å². The SMILES string of the molecule is Cc1cc(C(=O)c2cc(Br)cc3c2OCC3)c(F)cc1F. The lowest BCUT2D eigenvalue weighted by Crippen LogP contribution is -2.08. The summed E-state index contributed by atoms with van der Waals surface area (Å²) >= 11 is 3.34. The monoisotopic (exact) mass is 352 g/mol. The summed E-state index contributed by atoms with van der Waals surface area (Å²) in [5.74, 6) is -1.55. The van der Waals surface area contributed by atoms with E-state index >= 15 is 0 Å². The number of benzene rings is 2. The van der Waals surface area contributed by atoms with Gasteiger partial charge < -0.3 is 4.74 Å². The first-order valence-corrected chi connectivity index (χ1v) is 7.22. The van der Waals surface area contributed by atoms with E-state index in [0.29, 0.717) is 24.3 Å². The maximum Gasteiger partial charge on any atom is 0.199 e. The number of ether oxygens (including phenoxy) is 1. The topological polar surface area (TPSA) is 26.3 Å². The van der Waals surface area contributed by atoms with Gasteiger partial charge in [-0.25, -0.2) is 8.78 Å². The minimum Gasteiger partial charge on any atom is -0.492 e. The van der Waals surface area contributed by atoms with Gasteiger partial charge in [-0.15, -0.1) is 0 Å². The molecule has 1 heterocycles. The fourth-order valence-electron chi connectivity index (χ4n) is 2.41. The van der Waals surface area contributed by atoms with E-state index in [2.05, 4.69) is 15.9 Å². The van der Waals surface area contributed by atoms with Crippen molar-refractivity contribution in [1.82, 2.24) is 0 Å². The van der Waals surface area contributed by atoms with Crippen molar-refractivity contribution in [2.45, 2.75) is 13.3 Å². The molecule has 0 bridgehead atoms.